The molecule has 3 aromatic rings. The summed E-state index contributed by atoms with van der Waals surface area (Å²) in [7, 11) is 1.87. The quantitative estimate of drug-likeness (QED) is 0.677. The van der Waals surface area contributed by atoms with Gasteiger partial charge in [-0.1, -0.05) is 35.3 Å². The Balaban J connectivity index is 1.82. The fourth-order valence-electron chi connectivity index (χ4n) is 2.92. The van der Waals surface area contributed by atoms with Crippen LogP contribution in [0.2, 0.25) is 10.0 Å². The lowest BCUT2D eigenvalue weighted by Gasteiger charge is -2.22. The number of para-hydroxylation sites is 2. The fourth-order valence-corrected chi connectivity index (χ4v) is 3.22. The van der Waals surface area contributed by atoms with Gasteiger partial charge < -0.3 is 10.2 Å². The van der Waals surface area contributed by atoms with Crippen molar-refractivity contribution in [1.82, 2.24) is 9.78 Å². The van der Waals surface area contributed by atoms with E-state index in [1.165, 1.54) is 0 Å². The third-order valence-electron chi connectivity index (χ3n) is 4.20. The molecule has 2 heterocycles. The summed E-state index contributed by atoms with van der Waals surface area (Å²) >= 11 is 12.1. The molecule has 0 unspecified atom stereocenters. The van der Waals surface area contributed by atoms with Crippen LogP contribution in [-0.2, 0) is 13.6 Å². The van der Waals surface area contributed by atoms with Gasteiger partial charge in [0.1, 0.15) is 5.82 Å². The second-order valence-corrected chi connectivity index (χ2v) is 6.62. The fraction of sp³-hybridized carbons (Fsp3) is 0.111. The second-order valence-electron chi connectivity index (χ2n) is 5.80. The summed E-state index contributed by atoms with van der Waals surface area (Å²) < 4.78 is 1.76. The minimum Gasteiger partial charge on any atom is -0.338 e. The van der Waals surface area contributed by atoms with Gasteiger partial charge in [-0.15, -0.1) is 0 Å². The maximum atomic E-state index is 13.2. The summed E-state index contributed by atoms with van der Waals surface area (Å²) in [6.07, 6.45) is 1.77. The largest absolute Gasteiger partial charge is 0.338 e. The van der Waals surface area contributed by atoms with E-state index >= 15 is 0 Å². The lowest BCUT2D eigenvalue weighted by molar-refractivity contribution is 0.0985. The van der Waals surface area contributed by atoms with Crippen molar-refractivity contribution in [3.8, 4) is 0 Å². The smallest absolute Gasteiger partial charge is 0.258 e. The first-order chi connectivity index (χ1) is 12.0. The number of anilines is 3. The highest BCUT2D eigenvalue weighted by Crippen LogP contribution is 2.36. The molecule has 5 nitrogen and oxygen atoms in total. The van der Waals surface area contributed by atoms with E-state index in [4.69, 9.17) is 23.2 Å². The molecule has 126 valence electrons. The number of amides is 1. The van der Waals surface area contributed by atoms with Crippen LogP contribution in [0.4, 0.5) is 17.2 Å². The summed E-state index contributed by atoms with van der Waals surface area (Å²) in [4.78, 5) is 14.9. The third kappa shape index (κ3) is 2.75. The number of nitrogens with zero attached hydrogens (tertiary/aromatic N) is 3. The number of halogens is 2. The topological polar surface area (TPSA) is 50.2 Å². The number of hydrogen-bond donors (Lipinski definition) is 1. The molecule has 1 aromatic heterocycles. The molecule has 0 aliphatic carbocycles. The molecule has 4 rings (SSSR count). The number of nitrogens with one attached hydrogen (secondary N) is 1. The molecule has 0 radical (unpaired) electrons. The van der Waals surface area contributed by atoms with Crippen molar-refractivity contribution >= 4 is 46.3 Å². The number of benzene rings is 2. The highest BCUT2D eigenvalue weighted by molar-refractivity contribution is 6.42. The summed E-state index contributed by atoms with van der Waals surface area (Å²) in [5.41, 5.74) is 3.07. The van der Waals surface area contributed by atoms with Crippen molar-refractivity contribution in [2.45, 2.75) is 6.54 Å². The van der Waals surface area contributed by atoms with Crippen LogP contribution >= 0.6 is 23.2 Å². The predicted molar refractivity (Wildman–Crippen MR) is 99.9 cm³/mol. The molecule has 2 aromatic carbocycles. The summed E-state index contributed by atoms with van der Waals surface area (Å²) in [5.74, 6) is 0.724. The molecule has 7 heteroatoms. The molecule has 1 amide bonds. The maximum absolute atomic E-state index is 13.2. The van der Waals surface area contributed by atoms with Crippen LogP contribution in [0, 0.1) is 0 Å². The molecule has 0 atom stereocenters. The predicted octanol–water partition coefficient (Wildman–Crippen LogP) is 4.63. The van der Waals surface area contributed by atoms with Crippen LogP contribution in [0.1, 0.15) is 15.9 Å². The summed E-state index contributed by atoms with van der Waals surface area (Å²) in [6, 6.07) is 12.6. The Morgan fingerprint density at radius 3 is 2.76 bits per heavy atom. The highest BCUT2D eigenvalue weighted by atomic mass is 35.5. The first-order valence-corrected chi connectivity index (χ1v) is 8.44. The first kappa shape index (κ1) is 16.0. The Morgan fingerprint density at radius 1 is 1.16 bits per heavy atom. The van der Waals surface area contributed by atoms with E-state index in [2.05, 4.69) is 10.4 Å². The SMILES string of the molecule is Cn1ncc2c1Nc1ccccc1N(C(=O)c1ccc(Cl)c(Cl)c1)C2. The van der Waals surface area contributed by atoms with Crippen LogP contribution in [0.3, 0.4) is 0 Å². The zero-order valence-electron chi connectivity index (χ0n) is 13.3. The van der Waals surface area contributed by atoms with Crippen molar-refractivity contribution in [3.05, 3.63) is 69.8 Å². The normalized spacial score (nSPS) is 12.8. The molecule has 0 bridgehead atoms. The van der Waals surface area contributed by atoms with Gasteiger partial charge in [-0.25, -0.2) is 0 Å². The van der Waals surface area contributed by atoms with Crippen LogP contribution in [0.15, 0.2) is 48.7 Å². The monoisotopic (exact) mass is 372 g/mol. The Bertz CT molecular complexity index is 983. The maximum Gasteiger partial charge on any atom is 0.258 e. The third-order valence-corrected chi connectivity index (χ3v) is 4.94. The van der Waals surface area contributed by atoms with E-state index in [0.717, 1.165) is 22.8 Å². The summed E-state index contributed by atoms with van der Waals surface area (Å²) in [6.45, 7) is 0.409. The molecule has 25 heavy (non-hydrogen) atoms. The second kappa shape index (κ2) is 6.10. The van der Waals surface area contributed by atoms with E-state index in [1.807, 2.05) is 31.3 Å². The zero-order chi connectivity index (χ0) is 17.6. The van der Waals surface area contributed by atoms with Crippen molar-refractivity contribution in [2.24, 2.45) is 7.05 Å². The Kier molecular flexibility index (Phi) is 3.90. The van der Waals surface area contributed by atoms with Crippen LogP contribution in [0.25, 0.3) is 0 Å². The minimum atomic E-state index is -0.149. The Hall–Kier alpha value is -2.50. The van der Waals surface area contributed by atoms with Gasteiger partial charge in [0.05, 0.1) is 34.2 Å². The Labute approximate surface area is 154 Å². The molecule has 0 spiro atoms. The van der Waals surface area contributed by atoms with Gasteiger partial charge in [-0.2, -0.15) is 5.10 Å². The average molecular weight is 373 g/mol. The molecule has 0 saturated carbocycles. The first-order valence-electron chi connectivity index (χ1n) is 7.68. The van der Waals surface area contributed by atoms with Crippen LogP contribution in [0.5, 0.6) is 0 Å². The van der Waals surface area contributed by atoms with E-state index in [1.54, 1.807) is 34.0 Å². The van der Waals surface area contributed by atoms with Crippen LogP contribution in [-0.4, -0.2) is 15.7 Å². The van der Waals surface area contributed by atoms with Gasteiger partial charge in [0.25, 0.3) is 5.91 Å². The molecule has 1 aliphatic heterocycles. The number of aromatic nitrogens is 2. The van der Waals surface area contributed by atoms with Crippen LogP contribution < -0.4 is 10.2 Å². The van der Waals surface area contributed by atoms with E-state index in [0.29, 0.717) is 22.2 Å². The number of carbonyl (C=O) groups excluding carboxylic acids is 1. The van der Waals surface area contributed by atoms with Gasteiger partial charge in [-0.3, -0.25) is 9.48 Å². The van der Waals surface area contributed by atoms with E-state index < -0.39 is 0 Å². The van der Waals surface area contributed by atoms with E-state index in [9.17, 15) is 4.79 Å². The van der Waals surface area contributed by atoms with Gasteiger partial charge in [0.2, 0.25) is 0 Å². The Morgan fingerprint density at radius 2 is 1.96 bits per heavy atom. The molecular formula is C18H14Cl2N4O. The van der Waals surface area contributed by atoms with Crippen molar-refractivity contribution < 1.29 is 4.79 Å². The summed E-state index contributed by atoms with van der Waals surface area (Å²) in [5, 5.41) is 8.43. The minimum absolute atomic E-state index is 0.149. The molecular weight excluding hydrogens is 359 g/mol. The number of fused-ring (bicyclic) bond motifs is 2. The molecule has 0 saturated heterocycles. The molecule has 1 aliphatic rings. The molecule has 0 fully saturated rings. The van der Waals surface area contributed by atoms with Crippen molar-refractivity contribution in [1.29, 1.82) is 0 Å². The van der Waals surface area contributed by atoms with Gasteiger partial charge in [0.15, 0.2) is 0 Å². The van der Waals surface area contributed by atoms with Gasteiger partial charge in [0, 0.05) is 18.2 Å². The van der Waals surface area contributed by atoms with Gasteiger partial charge in [-0.05, 0) is 30.3 Å². The number of aryl methyl sites for hydroxylation is 1. The standard InChI is InChI=1S/C18H14Cl2N4O/c1-23-17-12(9-21-23)10-24(16-5-3-2-4-15(16)22-17)18(25)11-6-7-13(19)14(20)8-11/h2-9,22H,10H2,1H3. The van der Waals surface area contributed by atoms with Gasteiger partial charge >= 0.3 is 0 Å². The highest BCUT2D eigenvalue weighted by Gasteiger charge is 2.26. The lowest BCUT2D eigenvalue weighted by Crippen LogP contribution is -2.30. The number of carbonyl (C=O) groups is 1. The van der Waals surface area contributed by atoms with E-state index in [-0.39, 0.29) is 5.91 Å². The number of hydrogen-bond acceptors (Lipinski definition) is 3. The zero-order valence-corrected chi connectivity index (χ0v) is 14.8. The molecule has 1 N–H and O–H groups in total. The average Bonchev–Trinajstić information content (AvgIpc) is 2.86. The number of rotatable bonds is 1. The van der Waals surface area contributed by atoms with Crippen molar-refractivity contribution in [2.75, 3.05) is 10.2 Å². The lowest BCUT2D eigenvalue weighted by atomic mass is 10.1. The van der Waals surface area contributed by atoms with Crippen molar-refractivity contribution in [3.63, 3.8) is 0 Å².